The Morgan fingerprint density at radius 3 is 2.37 bits per heavy atom. The van der Waals surface area contributed by atoms with Gasteiger partial charge in [-0.25, -0.2) is 4.79 Å². The van der Waals surface area contributed by atoms with Crippen LogP contribution in [-0.2, 0) is 14.0 Å². The molecule has 1 N–H and O–H groups in total. The Balaban J connectivity index is 1.79. The van der Waals surface area contributed by atoms with Gasteiger partial charge >= 0.3 is 13.2 Å². The highest BCUT2D eigenvalue weighted by Crippen LogP contribution is 2.36. The summed E-state index contributed by atoms with van der Waals surface area (Å²) in [6.07, 6.45) is 0.269. The molecule has 1 aliphatic heterocycles. The molecular weight excluding hydrogens is 345 g/mol. The van der Waals surface area contributed by atoms with Crippen molar-refractivity contribution in [3.63, 3.8) is 0 Å². The second-order valence-electron chi connectivity index (χ2n) is 8.79. The molecule has 0 aliphatic carbocycles. The van der Waals surface area contributed by atoms with Crippen molar-refractivity contribution in [2.24, 2.45) is 0 Å². The minimum absolute atomic E-state index is 0.373. The van der Waals surface area contributed by atoms with Gasteiger partial charge in [0, 0.05) is 6.54 Å². The van der Waals surface area contributed by atoms with Crippen molar-refractivity contribution in [1.82, 2.24) is 5.32 Å². The van der Waals surface area contributed by atoms with Crippen molar-refractivity contribution in [2.45, 2.75) is 71.7 Å². The molecule has 2 rings (SSSR count). The standard InChI is InChI=1S/C20H32BNO5/c1-18(2,3)25-17(23)22-12-9-13-24-16-11-8-10-15(14-16)21-26-19(4,5)20(6,7)27-21/h8,10-11,14H,9,12-13H2,1-7H3,(H,22,23). The van der Waals surface area contributed by atoms with Gasteiger partial charge < -0.3 is 24.1 Å². The summed E-state index contributed by atoms with van der Waals surface area (Å²) in [6, 6.07) is 7.73. The predicted octanol–water partition coefficient (Wildman–Crippen LogP) is 3.28. The zero-order chi connectivity index (χ0) is 20.3. The van der Waals surface area contributed by atoms with Gasteiger partial charge in [-0.05, 0) is 72.5 Å². The number of amides is 1. The molecule has 0 spiro atoms. The first-order valence-corrected chi connectivity index (χ1v) is 9.45. The van der Waals surface area contributed by atoms with Crippen LogP contribution in [0.15, 0.2) is 24.3 Å². The van der Waals surface area contributed by atoms with E-state index in [1.807, 2.05) is 72.7 Å². The van der Waals surface area contributed by atoms with Crippen LogP contribution in [0.2, 0.25) is 0 Å². The molecule has 0 unspecified atom stereocenters. The summed E-state index contributed by atoms with van der Waals surface area (Å²) in [5, 5.41) is 2.72. The maximum Gasteiger partial charge on any atom is 0.494 e. The summed E-state index contributed by atoms with van der Waals surface area (Å²) in [6.45, 7) is 14.6. The quantitative estimate of drug-likeness (QED) is 0.609. The third-order valence-electron chi connectivity index (χ3n) is 4.64. The van der Waals surface area contributed by atoms with E-state index in [4.69, 9.17) is 18.8 Å². The highest BCUT2D eigenvalue weighted by Gasteiger charge is 2.51. The van der Waals surface area contributed by atoms with Crippen LogP contribution in [0.5, 0.6) is 5.75 Å². The van der Waals surface area contributed by atoms with Crippen molar-refractivity contribution in [3.05, 3.63) is 24.3 Å². The minimum Gasteiger partial charge on any atom is -0.494 e. The Bertz CT molecular complexity index is 638. The van der Waals surface area contributed by atoms with Crippen LogP contribution >= 0.6 is 0 Å². The summed E-state index contributed by atoms with van der Waals surface area (Å²) in [5.74, 6) is 0.750. The highest BCUT2D eigenvalue weighted by molar-refractivity contribution is 6.62. The molecule has 150 valence electrons. The van der Waals surface area contributed by atoms with Crippen LogP contribution < -0.4 is 15.5 Å². The largest absolute Gasteiger partial charge is 0.494 e. The third kappa shape index (κ3) is 6.14. The Morgan fingerprint density at radius 1 is 1.15 bits per heavy atom. The van der Waals surface area contributed by atoms with Gasteiger partial charge in [0.25, 0.3) is 0 Å². The average Bonchev–Trinajstić information content (AvgIpc) is 2.74. The Morgan fingerprint density at radius 2 is 1.78 bits per heavy atom. The average molecular weight is 377 g/mol. The fourth-order valence-electron chi connectivity index (χ4n) is 2.50. The van der Waals surface area contributed by atoms with E-state index in [1.54, 1.807) is 0 Å². The van der Waals surface area contributed by atoms with Crippen molar-refractivity contribution in [3.8, 4) is 5.75 Å². The van der Waals surface area contributed by atoms with E-state index in [-0.39, 0.29) is 11.2 Å². The molecule has 1 fully saturated rings. The zero-order valence-electron chi connectivity index (χ0n) is 17.5. The SMILES string of the molecule is CC(C)(C)OC(=O)NCCCOc1cccc(B2OC(C)(C)C(C)(C)O2)c1. The van der Waals surface area contributed by atoms with E-state index in [2.05, 4.69) is 5.32 Å². The maximum atomic E-state index is 11.6. The first kappa shape index (κ1) is 21.6. The van der Waals surface area contributed by atoms with Gasteiger partial charge in [-0.3, -0.25) is 0 Å². The van der Waals surface area contributed by atoms with Gasteiger partial charge in [0.2, 0.25) is 0 Å². The van der Waals surface area contributed by atoms with Crippen molar-refractivity contribution < 1.29 is 23.6 Å². The molecule has 1 heterocycles. The smallest absolute Gasteiger partial charge is 0.494 e. The lowest BCUT2D eigenvalue weighted by Crippen LogP contribution is -2.41. The van der Waals surface area contributed by atoms with Crippen LogP contribution in [0, 0.1) is 0 Å². The summed E-state index contributed by atoms with van der Waals surface area (Å²) < 4.78 is 23.1. The Hall–Kier alpha value is -1.73. The lowest BCUT2D eigenvalue weighted by atomic mass is 9.79. The molecule has 1 aliphatic rings. The van der Waals surface area contributed by atoms with Gasteiger partial charge in [0.05, 0.1) is 17.8 Å². The highest BCUT2D eigenvalue weighted by atomic mass is 16.7. The molecule has 1 saturated heterocycles. The third-order valence-corrected chi connectivity index (χ3v) is 4.64. The molecule has 0 atom stereocenters. The predicted molar refractivity (Wildman–Crippen MR) is 107 cm³/mol. The van der Waals surface area contributed by atoms with E-state index in [9.17, 15) is 4.79 Å². The lowest BCUT2D eigenvalue weighted by molar-refractivity contribution is 0.00578. The number of hydrogen-bond acceptors (Lipinski definition) is 5. The van der Waals surface area contributed by atoms with Crippen molar-refractivity contribution in [1.29, 1.82) is 0 Å². The molecule has 0 radical (unpaired) electrons. The summed E-state index contributed by atoms with van der Waals surface area (Å²) in [7, 11) is -0.410. The fourth-order valence-corrected chi connectivity index (χ4v) is 2.50. The molecular formula is C20H32BNO5. The van der Waals surface area contributed by atoms with Gasteiger partial charge in [-0.15, -0.1) is 0 Å². The minimum atomic E-state index is -0.492. The first-order valence-electron chi connectivity index (χ1n) is 9.45. The second kappa shape index (κ2) is 8.11. The van der Waals surface area contributed by atoms with Gasteiger partial charge in [0.15, 0.2) is 0 Å². The second-order valence-corrected chi connectivity index (χ2v) is 8.79. The maximum absolute atomic E-state index is 11.6. The van der Waals surface area contributed by atoms with E-state index in [0.29, 0.717) is 19.6 Å². The summed E-state index contributed by atoms with van der Waals surface area (Å²) >= 11 is 0. The molecule has 1 aromatic rings. The number of benzene rings is 1. The van der Waals surface area contributed by atoms with Crippen molar-refractivity contribution in [2.75, 3.05) is 13.2 Å². The monoisotopic (exact) mass is 377 g/mol. The molecule has 1 amide bonds. The van der Waals surface area contributed by atoms with Gasteiger partial charge in [0.1, 0.15) is 11.4 Å². The molecule has 0 aromatic heterocycles. The molecule has 27 heavy (non-hydrogen) atoms. The number of hydrogen-bond donors (Lipinski definition) is 1. The van der Waals surface area contributed by atoms with Crippen LogP contribution in [0.3, 0.4) is 0 Å². The van der Waals surface area contributed by atoms with Crippen LogP contribution in [0.1, 0.15) is 54.9 Å². The van der Waals surface area contributed by atoms with Crippen molar-refractivity contribution >= 4 is 18.7 Å². The van der Waals surface area contributed by atoms with Crippen LogP contribution in [-0.4, -0.2) is 43.2 Å². The molecule has 6 nitrogen and oxygen atoms in total. The van der Waals surface area contributed by atoms with E-state index >= 15 is 0 Å². The first-order chi connectivity index (χ1) is 12.4. The summed E-state index contributed by atoms with van der Waals surface area (Å²) in [4.78, 5) is 11.6. The van der Waals surface area contributed by atoms with Gasteiger partial charge in [-0.1, -0.05) is 12.1 Å². The number of carbonyl (C=O) groups excluding carboxylic acids is 1. The Kier molecular flexibility index (Phi) is 6.48. The Labute approximate surface area is 163 Å². The van der Waals surface area contributed by atoms with Crippen LogP contribution in [0.25, 0.3) is 0 Å². The lowest BCUT2D eigenvalue weighted by Gasteiger charge is -2.32. The zero-order valence-corrected chi connectivity index (χ0v) is 17.5. The van der Waals surface area contributed by atoms with E-state index in [0.717, 1.165) is 11.2 Å². The number of nitrogens with one attached hydrogen (secondary N) is 1. The summed E-state index contributed by atoms with van der Waals surface area (Å²) in [5.41, 5.74) is -0.309. The molecule has 1 aromatic carbocycles. The number of carbonyl (C=O) groups is 1. The van der Waals surface area contributed by atoms with Gasteiger partial charge in [-0.2, -0.15) is 0 Å². The number of rotatable bonds is 6. The van der Waals surface area contributed by atoms with E-state index < -0.39 is 18.8 Å². The van der Waals surface area contributed by atoms with Crippen LogP contribution in [0.4, 0.5) is 4.79 Å². The van der Waals surface area contributed by atoms with E-state index in [1.165, 1.54) is 0 Å². The fraction of sp³-hybridized carbons (Fsp3) is 0.650. The number of alkyl carbamates (subject to hydrolysis) is 1. The molecule has 7 heteroatoms. The molecule has 0 saturated carbocycles. The topological polar surface area (TPSA) is 66.0 Å². The number of ether oxygens (including phenoxy) is 2. The normalized spacial score (nSPS) is 18.3. The molecule has 0 bridgehead atoms.